The Hall–Kier alpha value is -4.37. The van der Waals surface area contributed by atoms with Crippen LogP contribution in [0.1, 0.15) is 87.4 Å². The summed E-state index contributed by atoms with van der Waals surface area (Å²) < 4.78 is 5.32. The molecule has 230 valence electrons. The zero-order valence-corrected chi connectivity index (χ0v) is 26.0. The number of fused-ring (bicyclic) bond motifs is 1. The molecule has 0 spiro atoms. The summed E-state index contributed by atoms with van der Waals surface area (Å²) in [5.41, 5.74) is 6.17. The zero-order valence-electron chi connectivity index (χ0n) is 26.0. The van der Waals surface area contributed by atoms with Gasteiger partial charge in [0.15, 0.2) is 0 Å². The Kier molecular flexibility index (Phi) is 8.31. The second kappa shape index (κ2) is 12.3. The minimum Gasteiger partial charge on any atom is -0.497 e. The van der Waals surface area contributed by atoms with Crippen LogP contribution < -0.4 is 15.4 Å². The highest BCUT2D eigenvalue weighted by atomic mass is 16.5. The van der Waals surface area contributed by atoms with Crippen molar-refractivity contribution in [3.05, 3.63) is 81.7 Å². The van der Waals surface area contributed by atoms with Crippen molar-refractivity contribution in [3.63, 3.8) is 0 Å². The summed E-state index contributed by atoms with van der Waals surface area (Å²) in [7, 11) is 1.61. The van der Waals surface area contributed by atoms with Crippen molar-refractivity contribution in [1.82, 2.24) is 20.1 Å². The van der Waals surface area contributed by atoms with E-state index in [4.69, 9.17) is 4.74 Å². The number of aromatic nitrogens is 1. The number of carbonyl (C=O) groups is 3. The lowest BCUT2D eigenvalue weighted by molar-refractivity contribution is -0.110. The van der Waals surface area contributed by atoms with Gasteiger partial charge in [0.25, 0.3) is 17.7 Å². The number of anilines is 1. The summed E-state index contributed by atoms with van der Waals surface area (Å²) in [5, 5.41) is 5.96. The average molecular weight is 596 g/mol. The van der Waals surface area contributed by atoms with E-state index >= 15 is 0 Å². The Labute approximate surface area is 258 Å². The number of H-pyrrole nitrogens is 1. The van der Waals surface area contributed by atoms with Gasteiger partial charge in [-0.3, -0.25) is 14.4 Å². The number of aromatic amines is 1. The fraction of sp³-hybridized carbons (Fsp3) is 0.400. The first kappa shape index (κ1) is 29.7. The molecule has 2 atom stereocenters. The van der Waals surface area contributed by atoms with Crippen LogP contribution >= 0.6 is 0 Å². The van der Waals surface area contributed by atoms with Gasteiger partial charge in [-0.15, -0.1) is 0 Å². The summed E-state index contributed by atoms with van der Waals surface area (Å²) in [6.45, 7) is 9.72. The number of rotatable bonds is 8. The van der Waals surface area contributed by atoms with E-state index in [1.165, 1.54) is 12.8 Å². The summed E-state index contributed by atoms with van der Waals surface area (Å²) in [4.78, 5) is 48.1. The summed E-state index contributed by atoms with van der Waals surface area (Å²) >= 11 is 0. The molecule has 3 aromatic rings. The molecule has 9 heteroatoms. The number of nitrogens with zero attached hydrogens (tertiary/aromatic N) is 2. The topological polar surface area (TPSA) is 107 Å². The summed E-state index contributed by atoms with van der Waals surface area (Å²) in [6.07, 6.45) is 6.33. The van der Waals surface area contributed by atoms with E-state index in [1.54, 1.807) is 31.4 Å². The minimum absolute atomic E-state index is 0.0583. The molecule has 2 saturated heterocycles. The maximum absolute atomic E-state index is 13.9. The quantitative estimate of drug-likeness (QED) is 0.306. The van der Waals surface area contributed by atoms with Crippen LogP contribution in [0.3, 0.4) is 0 Å². The molecule has 0 radical (unpaired) electrons. The van der Waals surface area contributed by atoms with E-state index in [1.807, 2.05) is 49.9 Å². The lowest BCUT2D eigenvalue weighted by Gasteiger charge is -2.28. The van der Waals surface area contributed by atoms with Gasteiger partial charge < -0.3 is 30.2 Å². The molecule has 2 aromatic carbocycles. The third kappa shape index (κ3) is 5.76. The van der Waals surface area contributed by atoms with Crippen LogP contribution in [0.2, 0.25) is 0 Å². The average Bonchev–Trinajstić information content (AvgIpc) is 3.81. The lowest BCUT2D eigenvalue weighted by atomic mass is 10.0. The third-order valence-electron chi connectivity index (χ3n) is 9.29. The van der Waals surface area contributed by atoms with Crippen molar-refractivity contribution in [2.75, 3.05) is 38.6 Å². The number of carbonyl (C=O) groups excluding carboxylic acids is 3. The molecule has 0 bridgehead atoms. The van der Waals surface area contributed by atoms with Gasteiger partial charge in [-0.25, -0.2) is 0 Å². The van der Waals surface area contributed by atoms with Gasteiger partial charge in [-0.05, 0) is 107 Å². The second-order valence-corrected chi connectivity index (χ2v) is 12.2. The predicted molar refractivity (Wildman–Crippen MR) is 172 cm³/mol. The zero-order chi connectivity index (χ0) is 31.0. The number of ether oxygens (including phenoxy) is 1. The van der Waals surface area contributed by atoms with Crippen molar-refractivity contribution in [1.29, 1.82) is 0 Å². The monoisotopic (exact) mass is 595 g/mol. The predicted octanol–water partition coefficient (Wildman–Crippen LogP) is 5.32. The van der Waals surface area contributed by atoms with Gasteiger partial charge in [0.05, 0.1) is 24.3 Å². The van der Waals surface area contributed by atoms with Gasteiger partial charge >= 0.3 is 0 Å². The van der Waals surface area contributed by atoms with Gasteiger partial charge in [-0.1, -0.05) is 12.1 Å². The molecular formula is C35H41N5O4. The Balaban J connectivity index is 1.23. The normalized spacial score (nSPS) is 19.7. The van der Waals surface area contributed by atoms with Crippen LogP contribution in [0.15, 0.2) is 42.5 Å². The molecule has 6 rings (SSSR count). The molecule has 1 aromatic heterocycles. The number of nitrogens with one attached hydrogen (secondary N) is 3. The fourth-order valence-electron chi connectivity index (χ4n) is 6.83. The van der Waals surface area contributed by atoms with Crippen molar-refractivity contribution in [2.24, 2.45) is 0 Å². The van der Waals surface area contributed by atoms with E-state index in [9.17, 15) is 14.4 Å². The number of hydrogen-bond donors (Lipinski definition) is 3. The first-order valence-corrected chi connectivity index (χ1v) is 15.6. The van der Waals surface area contributed by atoms with Crippen LogP contribution in [0, 0.1) is 13.8 Å². The molecule has 9 nitrogen and oxygen atoms in total. The fourth-order valence-corrected chi connectivity index (χ4v) is 6.83. The molecule has 3 N–H and O–H groups in total. The first-order chi connectivity index (χ1) is 21.2. The second-order valence-electron chi connectivity index (χ2n) is 12.2. The van der Waals surface area contributed by atoms with Crippen molar-refractivity contribution in [2.45, 2.75) is 58.5 Å². The smallest absolute Gasteiger partial charge is 0.256 e. The van der Waals surface area contributed by atoms with Crippen LogP contribution in [-0.4, -0.2) is 71.8 Å². The Morgan fingerprint density at radius 1 is 1.09 bits per heavy atom. The molecule has 0 aliphatic carbocycles. The van der Waals surface area contributed by atoms with Crippen molar-refractivity contribution < 1.29 is 19.1 Å². The minimum atomic E-state index is -0.244. The Bertz CT molecular complexity index is 1630. The van der Waals surface area contributed by atoms with E-state index in [0.717, 1.165) is 67.3 Å². The molecule has 3 aliphatic rings. The highest BCUT2D eigenvalue weighted by Gasteiger charge is 2.34. The van der Waals surface area contributed by atoms with Gasteiger partial charge in [0.1, 0.15) is 5.75 Å². The molecule has 3 amide bonds. The Morgan fingerprint density at radius 3 is 2.66 bits per heavy atom. The van der Waals surface area contributed by atoms with Gasteiger partial charge in [0, 0.05) is 47.3 Å². The van der Waals surface area contributed by atoms with Crippen LogP contribution in [0.25, 0.3) is 11.6 Å². The largest absolute Gasteiger partial charge is 0.497 e. The van der Waals surface area contributed by atoms with E-state index < -0.39 is 0 Å². The van der Waals surface area contributed by atoms with Crippen LogP contribution in [0.4, 0.5) is 5.69 Å². The molecule has 44 heavy (non-hydrogen) atoms. The summed E-state index contributed by atoms with van der Waals surface area (Å²) in [5.74, 6) is 0.299. The molecule has 3 aliphatic heterocycles. The number of methoxy groups -OCH3 is 1. The van der Waals surface area contributed by atoms with Gasteiger partial charge in [-0.2, -0.15) is 0 Å². The first-order valence-electron chi connectivity index (χ1n) is 15.6. The van der Waals surface area contributed by atoms with Crippen LogP contribution in [-0.2, 0) is 4.79 Å². The number of benzene rings is 2. The van der Waals surface area contributed by atoms with Crippen molar-refractivity contribution >= 4 is 35.1 Å². The van der Waals surface area contributed by atoms with Crippen molar-refractivity contribution in [3.8, 4) is 5.75 Å². The van der Waals surface area contributed by atoms with Crippen LogP contribution in [0.5, 0.6) is 5.75 Å². The maximum atomic E-state index is 13.9. The molecule has 4 heterocycles. The van der Waals surface area contributed by atoms with E-state index in [0.29, 0.717) is 28.0 Å². The molecule has 0 saturated carbocycles. The van der Waals surface area contributed by atoms with E-state index in [2.05, 4.69) is 20.5 Å². The van der Waals surface area contributed by atoms with Gasteiger partial charge in [0.2, 0.25) is 0 Å². The van der Waals surface area contributed by atoms with E-state index in [-0.39, 0.29) is 29.8 Å². The summed E-state index contributed by atoms with van der Waals surface area (Å²) in [6, 6.07) is 12.8. The third-order valence-corrected chi connectivity index (χ3v) is 9.29. The Morgan fingerprint density at radius 2 is 1.89 bits per heavy atom. The number of aryl methyl sites for hydroxylation is 1. The molecule has 0 unspecified atom stereocenters. The number of hydrogen-bond acceptors (Lipinski definition) is 5. The highest BCUT2D eigenvalue weighted by molar-refractivity contribution is 6.35. The maximum Gasteiger partial charge on any atom is 0.256 e. The highest BCUT2D eigenvalue weighted by Crippen LogP contribution is 2.35. The molecule has 2 fully saturated rings. The number of likely N-dealkylation sites (tertiary alicyclic amines) is 2. The number of amides is 3. The molecular weight excluding hydrogens is 554 g/mol. The SMILES string of the molecule is COc1cccc([C@@H](C)NC(=O)c2ccc3c(c2)C(=Cc2[nH]c(C)c(C(=O)N4CCC[C@H]4CN4CCCC4)c2C)C(=O)N3)c1. The lowest BCUT2D eigenvalue weighted by Crippen LogP contribution is -2.42. The standard InChI is InChI=1S/C35H41N5O4/c1-21-31(36-23(3)32(21)35(43)40-16-8-10-26(40)20-39-14-5-6-15-39)19-29-28-18-25(12-13-30(28)38-34(29)42)33(41)37-22(2)24-9-7-11-27(17-24)44-4/h7,9,11-13,17-19,22,26,36H,5-6,8,10,14-16,20H2,1-4H3,(H,37,41)(H,38,42)/t22-,26+/m1/s1.